The number of rotatable bonds is 20. The van der Waals surface area contributed by atoms with E-state index in [1.54, 1.807) is 0 Å². The molecule has 5 atom stereocenters. The normalized spacial score (nSPS) is 26.8. The number of aliphatic imine (C=N–C) groups is 1. The van der Waals surface area contributed by atoms with Crippen LogP contribution >= 0.6 is 0 Å². The Hall–Kier alpha value is -1.03. The van der Waals surface area contributed by atoms with Crippen LogP contribution in [0.1, 0.15) is 96.8 Å². The highest BCUT2D eigenvalue weighted by Crippen LogP contribution is 2.20. The number of aliphatic hydroxyl groups excluding tert-OH is 4. The van der Waals surface area contributed by atoms with E-state index in [1.165, 1.54) is 77.0 Å². The van der Waals surface area contributed by atoms with Gasteiger partial charge in [0.1, 0.15) is 30.6 Å². The van der Waals surface area contributed by atoms with Crippen molar-refractivity contribution >= 4 is 5.84 Å². The van der Waals surface area contributed by atoms with E-state index in [4.69, 9.17) is 4.74 Å². The summed E-state index contributed by atoms with van der Waals surface area (Å²) in [7, 11) is 0. The maximum atomic E-state index is 10.1. The molecule has 2 rings (SSSR count). The van der Waals surface area contributed by atoms with Crippen LogP contribution in [0.15, 0.2) is 17.1 Å². The van der Waals surface area contributed by atoms with Crippen LogP contribution in [0, 0.1) is 0 Å². The average molecular weight is 512 g/mol. The van der Waals surface area contributed by atoms with Crippen molar-refractivity contribution in [2.75, 3.05) is 32.8 Å². The minimum atomic E-state index is -1.35. The molecule has 0 aliphatic carbocycles. The zero-order valence-corrected chi connectivity index (χ0v) is 22.6. The lowest BCUT2D eigenvalue weighted by molar-refractivity contribution is -0.236. The molecule has 2 aliphatic heterocycles. The Morgan fingerprint density at radius 1 is 0.889 bits per heavy atom. The summed E-state index contributed by atoms with van der Waals surface area (Å²) in [5, 5.41) is 42.4. The molecule has 2 aliphatic rings. The van der Waals surface area contributed by atoms with Gasteiger partial charge in [0.2, 0.25) is 0 Å². The van der Waals surface area contributed by atoms with Crippen molar-refractivity contribution < 1.29 is 25.2 Å². The van der Waals surface area contributed by atoms with E-state index in [0.29, 0.717) is 6.54 Å². The predicted octanol–water partition coefficient (Wildman–Crippen LogP) is 3.13. The molecule has 0 aromatic heterocycles. The van der Waals surface area contributed by atoms with Crippen LogP contribution in [0.2, 0.25) is 0 Å². The van der Waals surface area contributed by atoms with Crippen molar-refractivity contribution in [2.24, 2.45) is 4.99 Å². The summed E-state index contributed by atoms with van der Waals surface area (Å²) in [4.78, 5) is 6.94. The Kier molecular flexibility index (Phi) is 16.5. The topological polar surface area (TPSA) is 118 Å². The Balaban J connectivity index is 1.47. The van der Waals surface area contributed by atoms with Crippen molar-refractivity contribution in [3.05, 3.63) is 12.2 Å². The van der Waals surface area contributed by atoms with Crippen LogP contribution in [-0.4, -0.2) is 94.6 Å². The lowest BCUT2D eigenvalue weighted by Crippen LogP contribution is -2.62. The van der Waals surface area contributed by atoms with E-state index in [-0.39, 0.29) is 0 Å². The molecule has 0 radical (unpaired) electrons. The molecule has 2 heterocycles. The number of hydrogen-bond donors (Lipinski definition) is 5. The zero-order valence-electron chi connectivity index (χ0n) is 22.6. The third-order valence-electron chi connectivity index (χ3n) is 7.31. The quantitative estimate of drug-likeness (QED) is 0.126. The molecule has 0 aromatic carbocycles. The molecule has 0 spiro atoms. The summed E-state index contributed by atoms with van der Waals surface area (Å²) < 4.78 is 5.51. The van der Waals surface area contributed by atoms with Crippen LogP contribution in [-0.2, 0) is 4.74 Å². The molecule has 0 amide bonds. The fraction of sp³-hybridized carbons (Fsp3) is 0.893. The number of ether oxygens (including phenoxy) is 1. The standard InChI is InChI=1S/C28H53N3O5/c1-2-3-4-5-6-7-8-9-10-11-12-13-14-15-16-17-24-29-18-20-31(24)21-19-30-28-27(35)26(34)25(33)23(22-32)36-28/h9-10,23,25-28,30,32-35H,2-8,11-22H2,1H3/b10-9-. The van der Waals surface area contributed by atoms with E-state index >= 15 is 0 Å². The van der Waals surface area contributed by atoms with Gasteiger partial charge in [0, 0.05) is 26.1 Å². The van der Waals surface area contributed by atoms with Gasteiger partial charge >= 0.3 is 0 Å². The summed E-state index contributed by atoms with van der Waals surface area (Å²) >= 11 is 0. The maximum Gasteiger partial charge on any atom is 0.137 e. The highest BCUT2D eigenvalue weighted by atomic mass is 16.6. The number of aliphatic hydroxyl groups is 4. The fourth-order valence-electron chi connectivity index (χ4n) is 4.97. The van der Waals surface area contributed by atoms with E-state index in [2.05, 4.69) is 34.3 Å². The van der Waals surface area contributed by atoms with Crippen molar-refractivity contribution in [3.63, 3.8) is 0 Å². The lowest BCUT2D eigenvalue weighted by Gasteiger charge is -2.40. The second-order valence-corrected chi connectivity index (χ2v) is 10.3. The van der Waals surface area contributed by atoms with Gasteiger partial charge in [-0.05, 0) is 32.1 Å². The Morgan fingerprint density at radius 3 is 2.19 bits per heavy atom. The average Bonchev–Trinajstić information content (AvgIpc) is 3.33. The third kappa shape index (κ3) is 11.6. The minimum Gasteiger partial charge on any atom is -0.394 e. The second-order valence-electron chi connectivity index (χ2n) is 10.3. The Bertz CT molecular complexity index is 616. The minimum absolute atomic E-state index is 0.415. The van der Waals surface area contributed by atoms with Crippen molar-refractivity contribution in [1.82, 2.24) is 10.2 Å². The fourth-order valence-corrected chi connectivity index (χ4v) is 4.97. The summed E-state index contributed by atoms with van der Waals surface area (Å²) in [6.45, 7) is 4.85. The van der Waals surface area contributed by atoms with Crippen LogP contribution in [0.3, 0.4) is 0 Å². The molecule has 210 valence electrons. The van der Waals surface area contributed by atoms with E-state index in [9.17, 15) is 20.4 Å². The molecule has 5 N–H and O–H groups in total. The molecule has 0 bridgehead atoms. The molecule has 1 fully saturated rings. The van der Waals surface area contributed by atoms with Crippen LogP contribution < -0.4 is 5.32 Å². The first kappa shape index (κ1) is 31.2. The molecule has 5 unspecified atom stereocenters. The van der Waals surface area contributed by atoms with E-state index in [1.807, 2.05) is 0 Å². The number of nitrogens with one attached hydrogen (secondary N) is 1. The number of nitrogens with zero attached hydrogens (tertiary/aromatic N) is 2. The molecule has 8 nitrogen and oxygen atoms in total. The van der Waals surface area contributed by atoms with Crippen molar-refractivity contribution in [1.29, 1.82) is 0 Å². The number of allylic oxidation sites excluding steroid dienone is 2. The van der Waals surface area contributed by atoms with E-state index < -0.39 is 37.3 Å². The Morgan fingerprint density at radius 2 is 1.53 bits per heavy atom. The van der Waals surface area contributed by atoms with Crippen LogP contribution in [0.4, 0.5) is 0 Å². The van der Waals surface area contributed by atoms with Gasteiger partial charge in [-0.15, -0.1) is 0 Å². The van der Waals surface area contributed by atoms with Crippen LogP contribution in [0.25, 0.3) is 0 Å². The van der Waals surface area contributed by atoms with E-state index in [0.717, 1.165) is 38.3 Å². The first-order chi connectivity index (χ1) is 17.6. The van der Waals surface area contributed by atoms with Crippen molar-refractivity contribution in [2.45, 2.75) is 127 Å². The summed E-state index contributed by atoms with van der Waals surface area (Å²) in [6, 6.07) is 0. The summed E-state index contributed by atoms with van der Waals surface area (Å²) in [5.41, 5.74) is 0. The first-order valence-corrected chi connectivity index (χ1v) is 14.6. The van der Waals surface area contributed by atoms with Gasteiger partial charge in [0.05, 0.1) is 19.0 Å². The monoisotopic (exact) mass is 511 g/mol. The summed E-state index contributed by atoms with van der Waals surface area (Å²) in [6.07, 6.45) is 17.0. The number of amidine groups is 1. The predicted molar refractivity (Wildman–Crippen MR) is 145 cm³/mol. The van der Waals surface area contributed by atoms with Gasteiger partial charge in [-0.3, -0.25) is 10.3 Å². The highest BCUT2D eigenvalue weighted by molar-refractivity contribution is 5.83. The van der Waals surface area contributed by atoms with Gasteiger partial charge < -0.3 is 30.1 Å². The zero-order chi connectivity index (χ0) is 26.0. The molecular weight excluding hydrogens is 458 g/mol. The SMILES string of the molecule is CCCCCCCC/C=C\CCCCCCCC1=NCCN1CCNC1OC(CO)C(O)C(O)C1O. The molecule has 0 saturated carbocycles. The largest absolute Gasteiger partial charge is 0.394 e. The molecule has 1 saturated heterocycles. The maximum absolute atomic E-state index is 10.1. The third-order valence-corrected chi connectivity index (χ3v) is 7.31. The van der Waals surface area contributed by atoms with Crippen molar-refractivity contribution in [3.8, 4) is 0 Å². The van der Waals surface area contributed by atoms with Gasteiger partial charge in [-0.1, -0.05) is 70.4 Å². The lowest BCUT2D eigenvalue weighted by atomic mass is 9.98. The molecule has 0 aromatic rings. The number of hydrogen-bond acceptors (Lipinski definition) is 8. The van der Waals surface area contributed by atoms with Gasteiger partial charge in [0.15, 0.2) is 0 Å². The molecule has 8 heteroatoms. The molecule has 36 heavy (non-hydrogen) atoms. The second kappa shape index (κ2) is 19.1. The smallest absolute Gasteiger partial charge is 0.137 e. The van der Waals surface area contributed by atoms with Gasteiger partial charge in [-0.2, -0.15) is 0 Å². The van der Waals surface area contributed by atoms with Gasteiger partial charge in [-0.25, -0.2) is 0 Å². The first-order valence-electron chi connectivity index (χ1n) is 14.6. The summed E-state index contributed by atoms with van der Waals surface area (Å²) in [5.74, 6) is 1.16. The van der Waals surface area contributed by atoms with Crippen LogP contribution in [0.5, 0.6) is 0 Å². The van der Waals surface area contributed by atoms with Gasteiger partial charge in [0.25, 0.3) is 0 Å². The number of unbranched alkanes of at least 4 members (excludes halogenated alkanes) is 11. The Labute approximate surface area is 218 Å². The highest BCUT2D eigenvalue weighted by Gasteiger charge is 2.43. The molecular formula is C28H53N3O5.